The van der Waals surface area contributed by atoms with Gasteiger partial charge in [-0.15, -0.1) is 0 Å². The van der Waals surface area contributed by atoms with Crippen molar-refractivity contribution in [2.24, 2.45) is 0 Å². The van der Waals surface area contributed by atoms with E-state index in [2.05, 4.69) is 39.6 Å². The summed E-state index contributed by atoms with van der Waals surface area (Å²) in [6, 6.07) is 10.2. The van der Waals surface area contributed by atoms with Crippen LogP contribution in [0.5, 0.6) is 0 Å². The maximum atomic E-state index is 12.2. The highest BCUT2D eigenvalue weighted by molar-refractivity contribution is 5.91. The zero-order valence-electron chi connectivity index (χ0n) is 15.0. The normalized spacial score (nSPS) is 14.8. The van der Waals surface area contributed by atoms with Crippen LogP contribution in [0.4, 0.5) is 11.5 Å². The van der Waals surface area contributed by atoms with Gasteiger partial charge in [0.25, 0.3) is 0 Å². The third kappa shape index (κ3) is 4.82. The van der Waals surface area contributed by atoms with Crippen LogP contribution < -0.4 is 10.2 Å². The number of hydrogen-bond donors (Lipinski definition) is 1. The summed E-state index contributed by atoms with van der Waals surface area (Å²) in [5.74, 6) is 1.05. The number of nitrogens with zero attached hydrogens (tertiary/aromatic N) is 3. The standard InChI is InChI=1S/C19H26N4O2/c1-15-12-18(21-25-15)20-19(24)14-22(2)13-16-8-4-5-9-17(16)23-10-6-3-7-11-23/h4-5,8-9,12H,3,6-7,10-11,13-14H2,1-2H3,(H,20,21,24). The third-order valence-corrected chi connectivity index (χ3v) is 4.44. The Bertz CT molecular complexity index is 707. The predicted molar refractivity (Wildman–Crippen MR) is 98.7 cm³/mol. The molecule has 1 amide bonds. The second-order valence-corrected chi connectivity index (χ2v) is 6.72. The fourth-order valence-corrected chi connectivity index (χ4v) is 3.29. The molecule has 1 saturated heterocycles. The van der Waals surface area contributed by atoms with Gasteiger partial charge in [0.2, 0.25) is 5.91 Å². The lowest BCUT2D eigenvalue weighted by Crippen LogP contribution is -2.33. The predicted octanol–water partition coefficient (Wildman–Crippen LogP) is 3.04. The fourth-order valence-electron chi connectivity index (χ4n) is 3.29. The van der Waals surface area contributed by atoms with Crippen molar-refractivity contribution >= 4 is 17.4 Å². The van der Waals surface area contributed by atoms with E-state index in [9.17, 15) is 4.79 Å². The molecule has 1 aromatic carbocycles. The van der Waals surface area contributed by atoms with E-state index in [1.165, 1.54) is 30.5 Å². The summed E-state index contributed by atoms with van der Waals surface area (Å²) < 4.78 is 4.97. The molecule has 1 aliphatic rings. The number of para-hydroxylation sites is 1. The van der Waals surface area contributed by atoms with Crippen LogP contribution in [0.3, 0.4) is 0 Å². The summed E-state index contributed by atoms with van der Waals surface area (Å²) >= 11 is 0. The Morgan fingerprint density at radius 3 is 2.76 bits per heavy atom. The van der Waals surface area contributed by atoms with Gasteiger partial charge in [-0.1, -0.05) is 23.4 Å². The van der Waals surface area contributed by atoms with Gasteiger partial charge < -0.3 is 14.7 Å². The lowest BCUT2D eigenvalue weighted by molar-refractivity contribution is -0.117. The van der Waals surface area contributed by atoms with Gasteiger partial charge in [-0.25, -0.2) is 0 Å². The molecule has 2 aromatic rings. The molecule has 25 heavy (non-hydrogen) atoms. The number of benzene rings is 1. The van der Waals surface area contributed by atoms with Crippen LogP contribution in [0.1, 0.15) is 30.6 Å². The van der Waals surface area contributed by atoms with Crippen molar-refractivity contribution in [1.82, 2.24) is 10.1 Å². The van der Waals surface area contributed by atoms with Crippen LogP contribution in [0.2, 0.25) is 0 Å². The lowest BCUT2D eigenvalue weighted by Gasteiger charge is -2.31. The molecule has 0 aliphatic carbocycles. The van der Waals surface area contributed by atoms with E-state index in [4.69, 9.17) is 4.52 Å². The topological polar surface area (TPSA) is 61.6 Å². The van der Waals surface area contributed by atoms with Crippen LogP contribution in [0.25, 0.3) is 0 Å². The number of anilines is 2. The molecule has 0 saturated carbocycles. The average molecular weight is 342 g/mol. The molecule has 2 heterocycles. The zero-order valence-corrected chi connectivity index (χ0v) is 15.0. The number of rotatable bonds is 6. The summed E-state index contributed by atoms with van der Waals surface area (Å²) in [5.41, 5.74) is 2.55. The van der Waals surface area contributed by atoms with Gasteiger partial charge >= 0.3 is 0 Å². The molecule has 1 aromatic heterocycles. The zero-order chi connectivity index (χ0) is 17.6. The third-order valence-electron chi connectivity index (χ3n) is 4.44. The monoisotopic (exact) mass is 342 g/mol. The minimum Gasteiger partial charge on any atom is -0.371 e. The second kappa shape index (κ2) is 8.16. The van der Waals surface area contributed by atoms with E-state index < -0.39 is 0 Å². The van der Waals surface area contributed by atoms with Gasteiger partial charge in [-0.05, 0) is 44.9 Å². The molecule has 0 bridgehead atoms. The van der Waals surface area contributed by atoms with Crippen molar-refractivity contribution in [3.8, 4) is 0 Å². The van der Waals surface area contributed by atoms with E-state index >= 15 is 0 Å². The first-order valence-electron chi connectivity index (χ1n) is 8.86. The van der Waals surface area contributed by atoms with E-state index in [-0.39, 0.29) is 5.91 Å². The van der Waals surface area contributed by atoms with Crippen molar-refractivity contribution in [2.45, 2.75) is 32.7 Å². The first-order chi connectivity index (χ1) is 12.1. The molecule has 1 aliphatic heterocycles. The van der Waals surface area contributed by atoms with Gasteiger partial charge in [-0.3, -0.25) is 9.69 Å². The fraction of sp³-hybridized carbons (Fsp3) is 0.474. The van der Waals surface area contributed by atoms with Crippen LogP contribution >= 0.6 is 0 Å². The highest BCUT2D eigenvalue weighted by Crippen LogP contribution is 2.25. The molecular weight excluding hydrogens is 316 g/mol. The maximum Gasteiger partial charge on any atom is 0.239 e. The summed E-state index contributed by atoms with van der Waals surface area (Å²) in [6.07, 6.45) is 3.83. The Hall–Kier alpha value is -2.34. The van der Waals surface area contributed by atoms with E-state index in [1.807, 2.05) is 11.9 Å². The molecule has 134 valence electrons. The number of nitrogens with one attached hydrogen (secondary N) is 1. The Labute approximate surface area is 148 Å². The second-order valence-electron chi connectivity index (χ2n) is 6.72. The summed E-state index contributed by atoms with van der Waals surface area (Å²) in [6.45, 7) is 5.07. The molecular formula is C19H26N4O2. The van der Waals surface area contributed by atoms with Crippen molar-refractivity contribution in [3.63, 3.8) is 0 Å². The van der Waals surface area contributed by atoms with E-state index in [0.717, 1.165) is 19.6 Å². The number of carbonyl (C=O) groups excluding carboxylic acids is 1. The minimum absolute atomic E-state index is 0.0914. The largest absolute Gasteiger partial charge is 0.371 e. The molecule has 1 fully saturated rings. The molecule has 3 rings (SSSR count). The van der Waals surface area contributed by atoms with Crippen LogP contribution in [-0.2, 0) is 11.3 Å². The Balaban J connectivity index is 1.58. The molecule has 0 radical (unpaired) electrons. The molecule has 0 unspecified atom stereocenters. The number of piperidine rings is 1. The number of hydrogen-bond acceptors (Lipinski definition) is 5. The van der Waals surface area contributed by atoms with Gasteiger partial charge in [0, 0.05) is 31.4 Å². The van der Waals surface area contributed by atoms with Crippen molar-refractivity contribution in [2.75, 3.05) is 36.9 Å². The first-order valence-corrected chi connectivity index (χ1v) is 8.86. The molecule has 1 N–H and O–H groups in total. The minimum atomic E-state index is -0.0914. The van der Waals surface area contributed by atoms with Crippen LogP contribution in [-0.4, -0.2) is 42.6 Å². The number of aryl methyl sites for hydroxylation is 1. The van der Waals surface area contributed by atoms with Gasteiger partial charge in [-0.2, -0.15) is 0 Å². The lowest BCUT2D eigenvalue weighted by atomic mass is 10.1. The number of amides is 1. The summed E-state index contributed by atoms with van der Waals surface area (Å²) in [4.78, 5) is 16.6. The quantitative estimate of drug-likeness (QED) is 0.874. The molecule has 6 heteroatoms. The Morgan fingerprint density at radius 1 is 1.28 bits per heavy atom. The van der Waals surface area contributed by atoms with Crippen molar-refractivity contribution in [3.05, 3.63) is 41.7 Å². The Morgan fingerprint density at radius 2 is 2.04 bits per heavy atom. The molecule has 6 nitrogen and oxygen atoms in total. The smallest absolute Gasteiger partial charge is 0.239 e. The summed E-state index contributed by atoms with van der Waals surface area (Å²) in [5, 5.41) is 6.55. The highest BCUT2D eigenvalue weighted by atomic mass is 16.5. The van der Waals surface area contributed by atoms with E-state index in [1.54, 1.807) is 13.0 Å². The van der Waals surface area contributed by atoms with Crippen molar-refractivity contribution in [1.29, 1.82) is 0 Å². The van der Waals surface area contributed by atoms with Gasteiger partial charge in [0.1, 0.15) is 5.76 Å². The first kappa shape index (κ1) is 17.5. The van der Waals surface area contributed by atoms with Gasteiger partial charge in [0.15, 0.2) is 5.82 Å². The van der Waals surface area contributed by atoms with Gasteiger partial charge in [0.05, 0.1) is 6.54 Å². The molecule has 0 spiro atoms. The Kier molecular flexibility index (Phi) is 5.71. The number of carbonyl (C=O) groups is 1. The molecule has 0 atom stereocenters. The summed E-state index contributed by atoms with van der Waals surface area (Å²) in [7, 11) is 1.96. The SMILES string of the molecule is Cc1cc(NC(=O)CN(C)Cc2ccccc2N2CCCCC2)no1. The number of likely N-dealkylation sites (N-methyl/N-ethyl adjacent to an activating group) is 1. The highest BCUT2D eigenvalue weighted by Gasteiger charge is 2.16. The number of aromatic nitrogens is 1. The van der Waals surface area contributed by atoms with Crippen molar-refractivity contribution < 1.29 is 9.32 Å². The van der Waals surface area contributed by atoms with Crippen LogP contribution in [0, 0.1) is 6.92 Å². The van der Waals surface area contributed by atoms with E-state index in [0.29, 0.717) is 18.1 Å². The van der Waals surface area contributed by atoms with Crippen LogP contribution in [0.15, 0.2) is 34.9 Å². The average Bonchev–Trinajstić information content (AvgIpc) is 3.00. The maximum absolute atomic E-state index is 12.2.